The van der Waals surface area contributed by atoms with Gasteiger partial charge in [0.05, 0.1) is 16.6 Å². The summed E-state index contributed by atoms with van der Waals surface area (Å²) in [5.41, 5.74) is -0.0713. The minimum atomic E-state index is -0.513. The summed E-state index contributed by atoms with van der Waals surface area (Å²) in [7, 11) is 0. The van der Waals surface area contributed by atoms with E-state index in [9.17, 15) is 14.9 Å². The molecule has 0 radical (unpaired) electrons. The molecule has 1 aromatic heterocycles. The number of carbonyl (C=O) groups is 1. The first-order valence-corrected chi connectivity index (χ1v) is 7.81. The van der Waals surface area contributed by atoms with Crippen LogP contribution in [0.4, 0.5) is 11.5 Å². The molecule has 0 aliphatic rings. The van der Waals surface area contributed by atoms with Crippen molar-refractivity contribution < 1.29 is 19.2 Å². The van der Waals surface area contributed by atoms with Crippen molar-refractivity contribution in [1.82, 2.24) is 4.98 Å². The number of carbonyl (C=O) groups excluding carboxylic acids is 1. The summed E-state index contributed by atoms with van der Waals surface area (Å²) in [6.07, 6.45) is 1.73. The van der Waals surface area contributed by atoms with Crippen LogP contribution < -0.4 is 10.1 Å². The molecule has 8 nitrogen and oxygen atoms in total. The number of nitro groups is 1. The molecule has 0 aliphatic heterocycles. The van der Waals surface area contributed by atoms with Gasteiger partial charge < -0.3 is 14.8 Å². The zero-order valence-corrected chi connectivity index (χ0v) is 13.9. The van der Waals surface area contributed by atoms with E-state index >= 15 is 0 Å². The van der Waals surface area contributed by atoms with E-state index in [-0.39, 0.29) is 18.9 Å². The highest BCUT2D eigenvalue weighted by atomic mass is 35.5. The normalized spacial score (nSPS) is 10.1. The van der Waals surface area contributed by atoms with Gasteiger partial charge in [0, 0.05) is 12.6 Å². The van der Waals surface area contributed by atoms with Gasteiger partial charge in [-0.1, -0.05) is 23.7 Å². The molecule has 0 saturated heterocycles. The predicted octanol–water partition coefficient (Wildman–Crippen LogP) is 3.07. The first-order chi connectivity index (χ1) is 12.1. The van der Waals surface area contributed by atoms with Gasteiger partial charge in [0.15, 0.2) is 6.61 Å². The second kappa shape index (κ2) is 9.43. The van der Waals surface area contributed by atoms with E-state index in [0.717, 1.165) is 0 Å². The average Bonchev–Trinajstić information content (AvgIpc) is 2.61. The molecule has 0 atom stereocenters. The summed E-state index contributed by atoms with van der Waals surface area (Å²) in [6.45, 7) is 0.495. The Hall–Kier alpha value is -2.87. The van der Waals surface area contributed by atoms with Gasteiger partial charge in [-0.15, -0.1) is 0 Å². The van der Waals surface area contributed by atoms with Crippen LogP contribution in [-0.4, -0.2) is 35.6 Å². The lowest BCUT2D eigenvalue weighted by atomic mass is 10.3. The minimum Gasteiger partial charge on any atom is -0.480 e. The highest BCUT2D eigenvalue weighted by molar-refractivity contribution is 6.32. The van der Waals surface area contributed by atoms with Gasteiger partial charge in [-0.05, 0) is 24.6 Å². The van der Waals surface area contributed by atoms with Gasteiger partial charge in [0.25, 0.3) is 5.69 Å². The van der Waals surface area contributed by atoms with Gasteiger partial charge in [-0.2, -0.15) is 0 Å². The molecule has 2 aromatic rings. The van der Waals surface area contributed by atoms with Gasteiger partial charge >= 0.3 is 5.97 Å². The molecule has 0 bridgehead atoms. The average molecular weight is 366 g/mol. The Morgan fingerprint density at radius 2 is 2.08 bits per heavy atom. The number of anilines is 1. The van der Waals surface area contributed by atoms with Gasteiger partial charge in [-0.3, -0.25) is 10.1 Å². The van der Waals surface area contributed by atoms with E-state index in [0.29, 0.717) is 29.6 Å². The largest absolute Gasteiger partial charge is 0.480 e. The van der Waals surface area contributed by atoms with E-state index in [1.54, 1.807) is 24.3 Å². The second-order valence-corrected chi connectivity index (χ2v) is 5.29. The zero-order chi connectivity index (χ0) is 18.1. The number of nitrogens with zero attached hydrogens (tertiary/aromatic N) is 2. The van der Waals surface area contributed by atoms with Gasteiger partial charge in [0.2, 0.25) is 0 Å². The van der Waals surface area contributed by atoms with Crippen LogP contribution in [0.3, 0.4) is 0 Å². The number of halogens is 1. The molecular weight excluding hydrogens is 350 g/mol. The van der Waals surface area contributed by atoms with E-state index in [2.05, 4.69) is 10.3 Å². The quantitative estimate of drug-likeness (QED) is 0.315. The number of hydrogen-bond acceptors (Lipinski definition) is 7. The van der Waals surface area contributed by atoms with Crippen molar-refractivity contribution >= 4 is 29.1 Å². The molecule has 0 amide bonds. The van der Waals surface area contributed by atoms with Crippen LogP contribution in [0.5, 0.6) is 5.75 Å². The van der Waals surface area contributed by atoms with Crippen LogP contribution in [0.2, 0.25) is 5.02 Å². The van der Waals surface area contributed by atoms with Crippen molar-refractivity contribution in [3.05, 3.63) is 57.7 Å². The number of para-hydroxylation sites is 1. The second-order valence-electron chi connectivity index (χ2n) is 4.88. The van der Waals surface area contributed by atoms with Crippen LogP contribution in [-0.2, 0) is 9.53 Å². The Morgan fingerprint density at radius 3 is 2.76 bits per heavy atom. The van der Waals surface area contributed by atoms with Crippen LogP contribution in [0.25, 0.3) is 0 Å². The van der Waals surface area contributed by atoms with Crippen molar-refractivity contribution in [3.63, 3.8) is 0 Å². The molecule has 2 rings (SSSR count). The van der Waals surface area contributed by atoms with Gasteiger partial charge in [0.1, 0.15) is 17.8 Å². The minimum absolute atomic E-state index is 0.0713. The molecule has 0 aliphatic carbocycles. The Morgan fingerprint density at radius 1 is 1.28 bits per heavy atom. The Labute approximate surface area is 148 Å². The Kier molecular flexibility index (Phi) is 6.97. The maximum absolute atomic E-state index is 11.6. The van der Waals surface area contributed by atoms with Crippen molar-refractivity contribution in [2.45, 2.75) is 6.42 Å². The summed E-state index contributed by atoms with van der Waals surface area (Å²) < 4.78 is 10.3. The predicted molar refractivity (Wildman–Crippen MR) is 91.9 cm³/mol. The smallest absolute Gasteiger partial charge is 0.344 e. The summed E-state index contributed by atoms with van der Waals surface area (Å²) in [5, 5.41) is 13.9. The number of pyridine rings is 1. The first kappa shape index (κ1) is 18.5. The van der Waals surface area contributed by atoms with Crippen molar-refractivity contribution in [1.29, 1.82) is 0 Å². The summed E-state index contributed by atoms with van der Waals surface area (Å²) in [4.78, 5) is 25.5. The molecule has 9 heteroatoms. The number of rotatable bonds is 9. The third kappa shape index (κ3) is 6.27. The monoisotopic (exact) mass is 365 g/mol. The SMILES string of the molecule is O=C(COc1ccccc1Cl)OCCCNc1ccc([N+](=O)[O-])cn1. The van der Waals surface area contributed by atoms with E-state index in [4.69, 9.17) is 21.1 Å². The van der Waals surface area contributed by atoms with Crippen LogP contribution >= 0.6 is 11.6 Å². The van der Waals surface area contributed by atoms with Crippen molar-refractivity contribution in [2.75, 3.05) is 25.1 Å². The first-order valence-electron chi connectivity index (χ1n) is 7.43. The lowest BCUT2D eigenvalue weighted by molar-refractivity contribution is -0.385. The fraction of sp³-hybridized carbons (Fsp3) is 0.250. The zero-order valence-electron chi connectivity index (χ0n) is 13.2. The van der Waals surface area contributed by atoms with Crippen LogP contribution in [0, 0.1) is 10.1 Å². The number of hydrogen-bond donors (Lipinski definition) is 1. The molecule has 132 valence electrons. The fourth-order valence-electron chi connectivity index (χ4n) is 1.81. The fourth-order valence-corrected chi connectivity index (χ4v) is 2.00. The standard InChI is InChI=1S/C16H16ClN3O5/c17-13-4-1-2-5-14(13)25-11-16(21)24-9-3-8-18-15-7-6-12(10-19-15)20(22)23/h1-2,4-7,10H,3,8-9,11H2,(H,18,19). The number of nitrogens with one attached hydrogen (secondary N) is 1. The third-order valence-corrected chi connectivity index (χ3v) is 3.34. The summed E-state index contributed by atoms with van der Waals surface area (Å²) in [6, 6.07) is 9.73. The molecule has 1 N–H and O–H groups in total. The molecule has 0 fully saturated rings. The van der Waals surface area contributed by atoms with E-state index in [1.165, 1.54) is 18.3 Å². The number of aromatic nitrogens is 1. The molecule has 0 unspecified atom stereocenters. The van der Waals surface area contributed by atoms with E-state index < -0.39 is 10.9 Å². The Balaban J connectivity index is 1.60. The molecule has 0 saturated carbocycles. The maximum Gasteiger partial charge on any atom is 0.344 e. The summed E-state index contributed by atoms with van der Waals surface area (Å²) >= 11 is 5.91. The lowest BCUT2D eigenvalue weighted by Crippen LogP contribution is -2.17. The number of benzene rings is 1. The van der Waals surface area contributed by atoms with E-state index in [1.807, 2.05) is 0 Å². The molecular formula is C16H16ClN3O5. The highest BCUT2D eigenvalue weighted by Gasteiger charge is 2.07. The van der Waals surface area contributed by atoms with Crippen LogP contribution in [0.15, 0.2) is 42.6 Å². The Bertz CT molecular complexity index is 724. The third-order valence-electron chi connectivity index (χ3n) is 3.03. The molecule has 25 heavy (non-hydrogen) atoms. The van der Waals surface area contributed by atoms with Crippen molar-refractivity contribution in [3.8, 4) is 5.75 Å². The molecule has 1 aromatic carbocycles. The molecule has 0 spiro atoms. The topological polar surface area (TPSA) is 104 Å². The number of ether oxygens (including phenoxy) is 2. The number of esters is 1. The lowest BCUT2D eigenvalue weighted by Gasteiger charge is -2.08. The summed E-state index contributed by atoms with van der Waals surface area (Å²) in [5.74, 6) is 0.444. The molecule has 1 heterocycles. The highest BCUT2D eigenvalue weighted by Crippen LogP contribution is 2.22. The van der Waals surface area contributed by atoms with Crippen LogP contribution in [0.1, 0.15) is 6.42 Å². The maximum atomic E-state index is 11.6. The van der Waals surface area contributed by atoms with Crippen molar-refractivity contribution in [2.24, 2.45) is 0 Å². The van der Waals surface area contributed by atoms with Gasteiger partial charge in [-0.25, -0.2) is 9.78 Å².